The molecule has 0 radical (unpaired) electrons. The van der Waals surface area contributed by atoms with Gasteiger partial charge in [0, 0.05) is 10.3 Å². The van der Waals surface area contributed by atoms with E-state index >= 15 is 0 Å². The van der Waals surface area contributed by atoms with Gasteiger partial charge in [-0.1, -0.05) is 21.7 Å². The van der Waals surface area contributed by atoms with Crippen LogP contribution in [-0.2, 0) is 39.0 Å². The van der Waals surface area contributed by atoms with Crippen LogP contribution in [0.1, 0.15) is 0 Å². The topological polar surface area (TPSA) is 256 Å². The molecule has 232 valence electrons. The lowest BCUT2D eigenvalue weighted by molar-refractivity contribution is -0.432. The molecule has 0 saturated heterocycles. The molecule has 0 aromatic heterocycles. The summed E-state index contributed by atoms with van der Waals surface area (Å²) < 4.78 is 75.6. The van der Waals surface area contributed by atoms with Gasteiger partial charge in [0.15, 0.2) is 5.75 Å². The van der Waals surface area contributed by atoms with E-state index in [2.05, 4.69) is 39.2 Å². The molecule has 4 aromatic carbocycles. The summed E-state index contributed by atoms with van der Waals surface area (Å²) >= 11 is 6.99. The number of fused-ring (bicyclic) bond motifs is 1. The van der Waals surface area contributed by atoms with Crippen LogP contribution >= 0.6 is 35.7 Å². The number of phenolic OH excluding ortho intramolecular Hbond substituents is 1. The van der Waals surface area contributed by atoms with Crippen molar-refractivity contribution in [3.63, 3.8) is 0 Å². The van der Waals surface area contributed by atoms with Crippen molar-refractivity contribution in [2.45, 2.75) is 19.6 Å². The first-order chi connectivity index (χ1) is 20.8. The second kappa shape index (κ2) is 14.2. The zero-order chi connectivity index (χ0) is 32.1. The first-order valence-corrected chi connectivity index (χ1v) is 15.9. The molecule has 0 bridgehead atoms. The van der Waals surface area contributed by atoms with Gasteiger partial charge in [-0.15, -0.1) is 18.9 Å². The second-order valence-electron chi connectivity index (χ2n) is 8.02. The van der Waals surface area contributed by atoms with Crippen molar-refractivity contribution in [1.82, 2.24) is 0 Å². The minimum atomic E-state index is -4.90. The summed E-state index contributed by atoms with van der Waals surface area (Å²) in [6.45, 7) is 0. The van der Waals surface area contributed by atoms with Crippen LogP contribution in [-0.4, -0.2) is 41.6 Å². The summed E-state index contributed by atoms with van der Waals surface area (Å²) in [4.78, 5) is -0.961. The van der Waals surface area contributed by atoms with E-state index in [1.165, 1.54) is 24.3 Å². The lowest BCUT2D eigenvalue weighted by Crippen LogP contribution is -1.99. The molecule has 0 aliphatic heterocycles. The average Bonchev–Trinajstić information content (AvgIpc) is 2.97. The van der Waals surface area contributed by atoms with Crippen molar-refractivity contribution in [1.29, 1.82) is 0 Å². The third kappa shape index (κ3) is 8.24. The Morgan fingerprint density at radius 1 is 0.705 bits per heavy atom. The van der Waals surface area contributed by atoms with E-state index in [0.29, 0.717) is 22.6 Å². The van der Waals surface area contributed by atoms with E-state index in [1.54, 1.807) is 12.1 Å². The molecule has 0 fully saturated rings. The lowest BCUT2D eigenvalue weighted by atomic mass is 10.1. The van der Waals surface area contributed by atoms with Gasteiger partial charge in [-0.05, 0) is 66.0 Å². The van der Waals surface area contributed by atoms with E-state index < -0.39 is 46.5 Å². The van der Waals surface area contributed by atoms with Crippen LogP contribution < -0.4 is 0 Å². The van der Waals surface area contributed by atoms with Gasteiger partial charge in [0.25, 0.3) is 20.2 Å². The van der Waals surface area contributed by atoms with Crippen LogP contribution in [0.4, 0.5) is 22.7 Å². The fourth-order valence-electron chi connectivity index (χ4n) is 3.45. The number of nitrogens with zero attached hydrogens (tertiary/aromatic N) is 4. The first-order valence-electron chi connectivity index (χ1n) is 11.1. The average molecular weight is 707 g/mol. The zero-order valence-corrected chi connectivity index (χ0v) is 25.1. The Bertz CT molecular complexity index is 1980. The molecule has 22 heteroatoms. The van der Waals surface area contributed by atoms with Crippen LogP contribution in [0, 0.1) is 0 Å². The summed E-state index contributed by atoms with van der Waals surface area (Å²) in [7, 11) is -9.64. The molecule has 5 N–H and O–H groups in total. The van der Waals surface area contributed by atoms with Gasteiger partial charge in [0.1, 0.15) is 21.2 Å². The number of benzene rings is 4. The molecule has 44 heavy (non-hydrogen) atoms. The number of hydrogen-bond donors (Lipinski definition) is 5. The highest BCUT2D eigenvalue weighted by atomic mass is 35.5. The second-order valence-corrected chi connectivity index (χ2v) is 12.7. The summed E-state index contributed by atoms with van der Waals surface area (Å²) in [5.74, 6) is -0.641. The van der Waals surface area contributed by atoms with Crippen LogP contribution in [0.5, 0.6) is 5.75 Å². The Kier molecular flexibility index (Phi) is 10.9. The Morgan fingerprint density at radius 3 is 1.95 bits per heavy atom. The van der Waals surface area contributed by atoms with Crippen LogP contribution in [0.2, 0.25) is 5.02 Å². The summed E-state index contributed by atoms with van der Waals surface area (Å²) in [6, 6.07) is 12.8. The Morgan fingerprint density at radius 2 is 1.32 bits per heavy atom. The number of aromatic hydroxyl groups is 1. The highest BCUT2D eigenvalue weighted by Gasteiger charge is 2.22. The Balaban J connectivity index is 1.73. The minimum absolute atomic E-state index is 0.00499. The zero-order valence-electron chi connectivity index (χ0n) is 21.1. The SMILES string of the molecule is O=S(=O)(O)c1cc2cc(SOOO)c(/N=N/c3ccc(/N=N/c4ccc(SOOO)cc4)cc3S(=O)(=O)O)c(O)c2cc1Cl. The number of hydrogen-bond acceptors (Lipinski definition) is 17. The third-order valence-corrected chi connectivity index (χ3v) is 8.71. The third-order valence-electron chi connectivity index (χ3n) is 5.29. The van der Waals surface area contributed by atoms with E-state index in [4.69, 9.17) is 22.1 Å². The highest BCUT2D eigenvalue weighted by Crippen LogP contribution is 2.46. The highest BCUT2D eigenvalue weighted by molar-refractivity contribution is 7.95. The molecule has 0 unspecified atom stereocenters. The molecular weight excluding hydrogens is 692 g/mol. The molecular formula is C22H15ClN4O13S4. The number of phenols is 1. The maximum atomic E-state index is 12.2. The van der Waals surface area contributed by atoms with E-state index in [-0.39, 0.29) is 27.0 Å². The molecule has 17 nitrogen and oxygen atoms in total. The van der Waals surface area contributed by atoms with Gasteiger partial charge in [-0.2, -0.15) is 27.1 Å². The molecule has 0 saturated carbocycles. The first kappa shape index (κ1) is 33.6. The maximum absolute atomic E-state index is 12.2. The van der Waals surface area contributed by atoms with Crippen molar-refractivity contribution < 1.29 is 60.3 Å². The fourth-order valence-corrected chi connectivity index (χ4v) is 5.99. The van der Waals surface area contributed by atoms with Crippen molar-refractivity contribution >= 4 is 89.4 Å². The lowest BCUT2D eigenvalue weighted by Gasteiger charge is -2.11. The predicted molar refractivity (Wildman–Crippen MR) is 153 cm³/mol. The van der Waals surface area contributed by atoms with E-state index in [1.807, 2.05) is 0 Å². The number of azo groups is 2. The van der Waals surface area contributed by atoms with Crippen molar-refractivity contribution in [3.8, 4) is 5.75 Å². The quantitative estimate of drug-likeness (QED) is 0.0316. The number of halogens is 1. The summed E-state index contributed by atoms with van der Waals surface area (Å²) in [5.41, 5.74) is -0.424. The van der Waals surface area contributed by atoms with Crippen molar-refractivity contribution in [2.75, 3.05) is 0 Å². The normalized spacial score (nSPS) is 12.6. The van der Waals surface area contributed by atoms with Gasteiger partial charge < -0.3 is 5.11 Å². The van der Waals surface area contributed by atoms with Crippen LogP contribution in [0.25, 0.3) is 10.8 Å². The smallest absolute Gasteiger partial charge is 0.296 e. The Hall–Kier alpha value is -3.29. The standard InChI is InChI=1S/C22H15ClN4O13S4/c23-16-10-15-11(8-19(16)43(31,32)33)7-18(42-40-38-30)21(22(15)28)27-26-17-6-3-13(9-20(17)44(34,35)36)25-24-12-1-4-14(5-2-12)41-39-37-29/h1-10,28-30H,(H,31,32,33)(H,34,35,36)/b25-24+,27-26+. The van der Waals surface area contributed by atoms with Gasteiger partial charge in [-0.25, -0.2) is 10.5 Å². The monoisotopic (exact) mass is 706 g/mol. The molecule has 4 rings (SSSR count). The van der Waals surface area contributed by atoms with E-state index in [0.717, 1.165) is 36.3 Å². The molecule has 0 atom stereocenters. The molecule has 0 aliphatic rings. The Labute approximate surface area is 260 Å². The maximum Gasteiger partial charge on any atom is 0.296 e. The number of rotatable bonds is 12. The summed E-state index contributed by atoms with van der Waals surface area (Å²) in [5, 5.41) is 49.9. The predicted octanol–water partition coefficient (Wildman–Crippen LogP) is 7.38. The fraction of sp³-hybridized carbons (Fsp3) is 0. The van der Waals surface area contributed by atoms with Gasteiger partial charge in [0.2, 0.25) is 0 Å². The summed E-state index contributed by atoms with van der Waals surface area (Å²) in [6.07, 6.45) is 0. The van der Waals surface area contributed by atoms with Crippen molar-refractivity contribution in [2.24, 2.45) is 20.5 Å². The van der Waals surface area contributed by atoms with Gasteiger partial charge in [-0.3, -0.25) is 9.11 Å². The minimum Gasteiger partial charge on any atom is -0.505 e. The van der Waals surface area contributed by atoms with Crippen molar-refractivity contribution in [3.05, 3.63) is 65.7 Å². The molecule has 0 spiro atoms. The van der Waals surface area contributed by atoms with E-state index in [9.17, 15) is 31.0 Å². The molecule has 0 heterocycles. The van der Waals surface area contributed by atoms with Gasteiger partial charge in [0.05, 0.1) is 45.4 Å². The largest absolute Gasteiger partial charge is 0.505 e. The van der Waals surface area contributed by atoms with Crippen LogP contribution in [0.15, 0.2) is 101 Å². The molecule has 0 aliphatic carbocycles. The van der Waals surface area contributed by atoms with Crippen LogP contribution in [0.3, 0.4) is 0 Å². The molecule has 0 amide bonds. The van der Waals surface area contributed by atoms with Gasteiger partial charge >= 0.3 is 0 Å². The molecule has 4 aromatic rings.